The zero-order valence-corrected chi connectivity index (χ0v) is 16.1. The lowest BCUT2D eigenvalue weighted by Crippen LogP contribution is -2.23. The molecule has 3 aromatic rings. The molecule has 0 aliphatic heterocycles. The van der Waals surface area contributed by atoms with E-state index < -0.39 is 5.82 Å². The number of pyridine rings is 1. The van der Waals surface area contributed by atoms with Crippen LogP contribution in [0.15, 0.2) is 79.5 Å². The molecule has 0 spiro atoms. The molecule has 0 aliphatic carbocycles. The molecule has 2 N–H and O–H groups in total. The summed E-state index contributed by atoms with van der Waals surface area (Å²) in [4.78, 5) is 27.6. The van der Waals surface area contributed by atoms with E-state index in [0.29, 0.717) is 12.1 Å². The van der Waals surface area contributed by atoms with Crippen LogP contribution in [-0.4, -0.2) is 16.8 Å². The Kier molecular flexibility index (Phi) is 6.89. The number of nitrogens with zero attached hydrogens (tertiary/aromatic N) is 1. The van der Waals surface area contributed by atoms with Gasteiger partial charge in [0.05, 0.1) is 0 Å². The maximum atomic E-state index is 13.7. The number of rotatable bonds is 8. The molecule has 0 aliphatic rings. The third kappa shape index (κ3) is 5.75. The molecule has 0 unspecified atom stereocenters. The van der Waals surface area contributed by atoms with Gasteiger partial charge in [-0.1, -0.05) is 30.8 Å². The lowest BCUT2D eigenvalue weighted by Gasteiger charge is -2.09. The lowest BCUT2D eigenvalue weighted by molar-refractivity contribution is -0.116. The van der Waals surface area contributed by atoms with Crippen LogP contribution in [0.5, 0.6) is 11.6 Å². The molecule has 0 saturated heterocycles. The van der Waals surface area contributed by atoms with Crippen molar-refractivity contribution in [3.63, 3.8) is 0 Å². The average Bonchev–Trinajstić information content (AvgIpc) is 2.78. The van der Waals surface area contributed by atoms with E-state index in [1.54, 1.807) is 48.5 Å². The van der Waals surface area contributed by atoms with E-state index in [1.807, 2.05) is 0 Å². The van der Waals surface area contributed by atoms with Crippen LogP contribution in [-0.2, 0) is 17.9 Å². The minimum atomic E-state index is -0.481. The molecular formula is C23H20FN3O3. The number of para-hydroxylation sites is 1. The average molecular weight is 405 g/mol. The van der Waals surface area contributed by atoms with Crippen molar-refractivity contribution in [1.29, 1.82) is 0 Å². The van der Waals surface area contributed by atoms with E-state index in [4.69, 9.17) is 4.74 Å². The molecule has 7 heteroatoms. The molecule has 0 saturated carbocycles. The van der Waals surface area contributed by atoms with Gasteiger partial charge >= 0.3 is 0 Å². The van der Waals surface area contributed by atoms with Crippen molar-refractivity contribution in [1.82, 2.24) is 15.6 Å². The fraction of sp³-hybridized carbons (Fsp3) is 0.0870. The molecule has 2 amide bonds. The highest BCUT2D eigenvalue weighted by atomic mass is 19.1. The van der Waals surface area contributed by atoms with E-state index in [9.17, 15) is 14.0 Å². The lowest BCUT2D eigenvalue weighted by atomic mass is 10.1. The van der Waals surface area contributed by atoms with Crippen LogP contribution in [0.4, 0.5) is 4.39 Å². The van der Waals surface area contributed by atoms with Gasteiger partial charge < -0.3 is 15.4 Å². The smallest absolute Gasteiger partial charge is 0.251 e. The number of benzene rings is 2. The van der Waals surface area contributed by atoms with Gasteiger partial charge in [-0.25, -0.2) is 9.37 Å². The largest absolute Gasteiger partial charge is 0.436 e. The van der Waals surface area contributed by atoms with E-state index >= 15 is 0 Å². The second-order valence-corrected chi connectivity index (χ2v) is 6.34. The van der Waals surface area contributed by atoms with Crippen molar-refractivity contribution < 1.29 is 18.7 Å². The first kappa shape index (κ1) is 20.7. The number of carbonyl (C=O) groups excluding carboxylic acids is 2. The Morgan fingerprint density at radius 2 is 1.73 bits per heavy atom. The third-order valence-corrected chi connectivity index (χ3v) is 4.17. The van der Waals surface area contributed by atoms with E-state index in [1.165, 1.54) is 24.4 Å². The van der Waals surface area contributed by atoms with Crippen molar-refractivity contribution in [2.24, 2.45) is 0 Å². The first-order chi connectivity index (χ1) is 14.5. The normalized spacial score (nSPS) is 10.2. The number of amides is 2. The summed E-state index contributed by atoms with van der Waals surface area (Å²) < 4.78 is 19.2. The number of ether oxygens (including phenoxy) is 1. The summed E-state index contributed by atoms with van der Waals surface area (Å²) in [7, 11) is 0. The predicted octanol–water partition coefficient (Wildman–Crippen LogP) is 3.75. The predicted molar refractivity (Wildman–Crippen MR) is 110 cm³/mol. The van der Waals surface area contributed by atoms with Gasteiger partial charge in [0.15, 0.2) is 11.6 Å². The molecule has 152 valence electrons. The molecule has 0 radical (unpaired) electrons. The Morgan fingerprint density at radius 1 is 1.00 bits per heavy atom. The van der Waals surface area contributed by atoms with Crippen molar-refractivity contribution in [3.05, 3.63) is 102 Å². The molecule has 0 fully saturated rings. The molecule has 2 aromatic carbocycles. The Balaban J connectivity index is 1.56. The number of nitrogens with one attached hydrogen (secondary N) is 2. The fourth-order valence-electron chi connectivity index (χ4n) is 2.58. The van der Waals surface area contributed by atoms with Crippen LogP contribution in [0.25, 0.3) is 0 Å². The first-order valence-electron chi connectivity index (χ1n) is 9.20. The molecule has 1 aromatic heterocycles. The van der Waals surface area contributed by atoms with Gasteiger partial charge in [-0.05, 0) is 47.5 Å². The van der Waals surface area contributed by atoms with Crippen LogP contribution in [0.1, 0.15) is 21.5 Å². The molecule has 6 nitrogen and oxygen atoms in total. The summed E-state index contributed by atoms with van der Waals surface area (Å²) in [5.41, 5.74) is 2.12. The second-order valence-electron chi connectivity index (χ2n) is 6.34. The van der Waals surface area contributed by atoms with Crippen molar-refractivity contribution >= 4 is 11.8 Å². The highest BCUT2D eigenvalue weighted by Crippen LogP contribution is 2.22. The Bertz CT molecular complexity index is 1050. The van der Waals surface area contributed by atoms with Gasteiger partial charge in [0, 0.05) is 30.9 Å². The SMILES string of the molecule is C=CC(=O)NCc1ccc(C(=O)NCc2ccnc(Oc3ccccc3F)c2)cc1. The van der Waals surface area contributed by atoms with Crippen LogP contribution in [0, 0.1) is 5.82 Å². The Hall–Kier alpha value is -4.00. The highest BCUT2D eigenvalue weighted by molar-refractivity contribution is 5.94. The summed E-state index contributed by atoms with van der Waals surface area (Å²) >= 11 is 0. The quantitative estimate of drug-likeness (QED) is 0.560. The van der Waals surface area contributed by atoms with Gasteiger partial charge in [0.2, 0.25) is 11.8 Å². The number of hydrogen-bond acceptors (Lipinski definition) is 4. The summed E-state index contributed by atoms with van der Waals surface area (Å²) in [6, 6.07) is 16.3. The second kappa shape index (κ2) is 9.97. The van der Waals surface area contributed by atoms with Gasteiger partial charge in [0.25, 0.3) is 5.91 Å². The van der Waals surface area contributed by atoms with Crippen LogP contribution in [0.3, 0.4) is 0 Å². The topological polar surface area (TPSA) is 80.3 Å². The molecule has 30 heavy (non-hydrogen) atoms. The molecule has 1 heterocycles. The Labute approximate surface area is 173 Å². The molecule has 0 bridgehead atoms. The van der Waals surface area contributed by atoms with Gasteiger partial charge in [-0.15, -0.1) is 0 Å². The van der Waals surface area contributed by atoms with Crippen molar-refractivity contribution in [3.8, 4) is 11.6 Å². The monoisotopic (exact) mass is 405 g/mol. The summed E-state index contributed by atoms with van der Waals surface area (Å²) in [6.07, 6.45) is 2.73. The zero-order chi connectivity index (χ0) is 21.3. The van der Waals surface area contributed by atoms with Gasteiger partial charge in [0.1, 0.15) is 0 Å². The Morgan fingerprint density at radius 3 is 2.47 bits per heavy atom. The van der Waals surface area contributed by atoms with E-state index in [0.717, 1.165) is 11.1 Å². The molecule has 3 rings (SSSR count). The van der Waals surface area contributed by atoms with E-state index in [-0.39, 0.29) is 30.0 Å². The highest BCUT2D eigenvalue weighted by Gasteiger charge is 2.08. The van der Waals surface area contributed by atoms with Crippen molar-refractivity contribution in [2.75, 3.05) is 0 Å². The first-order valence-corrected chi connectivity index (χ1v) is 9.20. The summed E-state index contributed by atoms with van der Waals surface area (Å²) in [6.45, 7) is 4.00. The number of carbonyl (C=O) groups is 2. The number of hydrogen-bond donors (Lipinski definition) is 2. The van der Waals surface area contributed by atoms with Crippen LogP contribution in [0.2, 0.25) is 0 Å². The minimum Gasteiger partial charge on any atom is -0.436 e. The maximum Gasteiger partial charge on any atom is 0.251 e. The van der Waals surface area contributed by atoms with E-state index in [2.05, 4.69) is 22.2 Å². The summed E-state index contributed by atoms with van der Waals surface area (Å²) in [5.74, 6) is -0.670. The third-order valence-electron chi connectivity index (χ3n) is 4.17. The fourth-order valence-corrected chi connectivity index (χ4v) is 2.58. The number of aromatic nitrogens is 1. The van der Waals surface area contributed by atoms with Crippen LogP contribution >= 0.6 is 0 Å². The van der Waals surface area contributed by atoms with Crippen molar-refractivity contribution in [2.45, 2.75) is 13.1 Å². The van der Waals surface area contributed by atoms with Gasteiger partial charge in [-0.3, -0.25) is 9.59 Å². The zero-order valence-electron chi connectivity index (χ0n) is 16.1. The van der Waals surface area contributed by atoms with Crippen LogP contribution < -0.4 is 15.4 Å². The maximum absolute atomic E-state index is 13.7. The molecular weight excluding hydrogens is 385 g/mol. The molecule has 0 atom stereocenters. The van der Waals surface area contributed by atoms with Gasteiger partial charge in [-0.2, -0.15) is 0 Å². The standard InChI is InChI=1S/C23H20FN3O3/c1-2-21(28)26-14-16-7-9-18(10-8-16)23(29)27-15-17-11-12-25-22(13-17)30-20-6-4-3-5-19(20)24/h2-13H,1,14-15H2,(H,26,28)(H,27,29). The minimum absolute atomic E-state index is 0.0792. The number of halogens is 1. The summed E-state index contributed by atoms with van der Waals surface area (Å²) in [5, 5.41) is 5.49.